The Hall–Kier alpha value is -3.08. The molecule has 0 saturated carbocycles. The Morgan fingerprint density at radius 2 is 1.77 bits per heavy atom. The van der Waals surface area contributed by atoms with Gasteiger partial charge in [0.25, 0.3) is 17.4 Å². The Labute approximate surface area is 170 Å². The quantitative estimate of drug-likeness (QED) is 0.651. The van der Waals surface area contributed by atoms with Crippen LogP contribution in [0, 0.1) is 0 Å². The fraction of sp³-hybridized carbons (Fsp3) is 0.400. The van der Waals surface area contributed by atoms with Crippen LogP contribution in [-0.4, -0.2) is 62.8 Å². The minimum absolute atomic E-state index is 0.217. The van der Waals surface area contributed by atoms with E-state index in [1.165, 1.54) is 13.3 Å². The predicted molar refractivity (Wildman–Crippen MR) is 103 cm³/mol. The van der Waals surface area contributed by atoms with Crippen LogP contribution < -0.4 is 11.2 Å². The zero-order chi connectivity index (χ0) is 21.6. The van der Waals surface area contributed by atoms with Gasteiger partial charge in [-0.25, -0.2) is 4.79 Å². The molecule has 2 amide bonds. The Kier molecular flexibility index (Phi) is 4.92. The number of aromatic amines is 1. The second-order valence-corrected chi connectivity index (χ2v) is 7.33. The van der Waals surface area contributed by atoms with Crippen LogP contribution in [0.5, 0.6) is 0 Å². The van der Waals surface area contributed by atoms with Crippen LogP contribution in [0.25, 0.3) is 0 Å². The maximum Gasteiger partial charge on any atom is 0.330 e. The maximum absolute atomic E-state index is 12.8. The molecule has 2 aromatic rings. The fourth-order valence-electron chi connectivity index (χ4n) is 4.11. The van der Waals surface area contributed by atoms with E-state index in [9.17, 15) is 24.3 Å². The summed E-state index contributed by atoms with van der Waals surface area (Å²) in [5, 5.41) is 11.0. The van der Waals surface area contributed by atoms with Crippen LogP contribution >= 0.6 is 0 Å². The number of rotatable bonds is 5. The summed E-state index contributed by atoms with van der Waals surface area (Å²) in [6.07, 6.45) is -1.80. The molecule has 1 fully saturated rings. The van der Waals surface area contributed by atoms with Crippen molar-refractivity contribution in [2.24, 2.45) is 0 Å². The molecule has 158 valence electrons. The van der Waals surface area contributed by atoms with Crippen LogP contribution in [0.4, 0.5) is 0 Å². The summed E-state index contributed by atoms with van der Waals surface area (Å²) in [5.74, 6) is -0.948. The summed E-state index contributed by atoms with van der Waals surface area (Å²) < 4.78 is 12.6. The zero-order valence-corrected chi connectivity index (χ0v) is 16.4. The SMILES string of the molecule is CCC1(CN2C(=O)c3ccccc3C2=O)OC(n2ccc(=O)[nH]c2=O)C(OC)C1O. The lowest BCUT2D eigenvalue weighted by Crippen LogP contribution is -2.52. The first kappa shape index (κ1) is 20.2. The molecule has 0 aliphatic carbocycles. The summed E-state index contributed by atoms with van der Waals surface area (Å²) in [6, 6.07) is 7.63. The molecule has 1 aromatic heterocycles. The number of aliphatic hydroxyl groups is 1. The van der Waals surface area contributed by atoms with E-state index in [1.807, 2.05) is 0 Å². The number of hydrogen-bond donors (Lipinski definition) is 2. The number of methoxy groups -OCH3 is 1. The number of benzene rings is 1. The number of hydrogen-bond acceptors (Lipinski definition) is 7. The van der Waals surface area contributed by atoms with Crippen molar-refractivity contribution in [2.45, 2.75) is 37.4 Å². The first-order valence-corrected chi connectivity index (χ1v) is 9.48. The van der Waals surface area contributed by atoms with E-state index in [0.717, 1.165) is 15.5 Å². The zero-order valence-electron chi connectivity index (χ0n) is 16.4. The number of ether oxygens (including phenoxy) is 2. The van der Waals surface area contributed by atoms with Crippen LogP contribution in [0.15, 0.2) is 46.1 Å². The molecule has 10 nitrogen and oxygen atoms in total. The molecule has 0 bridgehead atoms. The highest BCUT2D eigenvalue weighted by Crippen LogP contribution is 2.41. The van der Waals surface area contributed by atoms with Gasteiger partial charge in [0.05, 0.1) is 17.7 Å². The molecular formula is C20H21N3O7. The number of nitrogens with one attached hydrogen (secondary N) is 1. The van der Waals surface area contributed by atoms with Crippen molar-refractivity contribution in [3.05, 3.63) is 68.5 Å². The van der Waals surface area contributed by atoms with Crippen molar-refractivity contribution in [1.29, 1.82) is 0 Å². The number of fused-ring (bicyclic) bond motifs is 1. The average molecular weight is 415 g/mol. The first-order valence-electron chi connectivity index (χ1n) is 9.48. The minimum atomic E-state index is -1.37. The molecule has 3 heterocycles. The molecule has 0 spiro atoms. The van der Waals surface area contributed by atoms with E-state index >= 15 is 0 Å². The second kappa shape index (κ2) is 7.31. The van der Waals surface area contributed by atoms with E-state index in [0.29, 0.717) is 0 Å². The van der Waals surface area contributed by atoms with Gasteiger partial charge in [0.2, 0.25) is 0 Å². The number of aromatic nitrogens is 2. The molecule has 4 rings (SSSR count). The molecule has 2 aliphatic heterocycles. The van der Waals surface area contributed by atoms with Gasteiger partial charge in [0.1, 0.15) is 17.8 Å². The van der Waals surface area contributed by atoms with Crippen LogP contribution in [0.3, 0.4) is 0 Å². The third-order valence-electron chi connectivity index (χ3n) is 5.79. The van der Waals surface area contributed by atoms with E-state index in [2.05, 4.69) is 4.98 Å². The summed E-state index contributed by atoms with van der Waals surface area (Å²) in [6.45, 7) is 1.53. The van der Waals surface area contributed by atoms with Crippen molar-refractivity contribution in [1.82, 2.24) is 14.5 Å². The van der Waals surface area contributed by atoms with Gasteiger partial charge >= 0.3 is 5.69 Å². The van der Waals surface area contributed by atoms with Gasteiger partial charge in [-0.3, -0.25) is 28.8 Å². The van der Waals surface area contributed by atoms with Crippen LogP contribution in [0.2, 0.25) is 0 Å². The number of nitrogens with zero attached hydrogens (tertiary/aromatic N) is 2. The number of H-pyrrole nitrogens is 1. The van der Waals surface area contributed by atoms with Gasteiger partial charge in [-0.1, -0.05) is 19.1 Å². The largest absolute Gasteiger partial charge is 0.387 e. The van der Waals surface area contributed by atoms with E-state index in [4.69, 9.17) is 9.47 Å². The highest BCUT2D eigenvalue weighted by Gasteiger charge is 2.57. The first-order chi connectivity index (χ1) is 14.3. The molecule has 0 radical (unpaired) electrons. The third kappa shape index (κ3) is 2.92. The Balaban J connectivity index is 1.70. The molecule has 1 aromatic carbocycles. The molecule has 10 heteroatoms. The molecule has 4 atom stereocenters. The summed E-state index contributed by atoms with van der Waals surface area (Å²) >= 11 is 0. The van der Waals surface area contributed by atoms with Gasteiger partial charge in [-0.2, -0.15) is 0 Å². The van der Waals surface area contributed by atoms with Gasteiger partial charge in [0.15, 0.2) is 6.23 Å². The highest BCUT2D eigenvalue weighted by atomic mass is 16.6. The lowest BCUT2D eigenvalue weighted by molar-refractivity contribution is -0.114. The van der Waals surface area contributed by atoms with Crippen molar-refractivity contribution >= 4 is 11.8 Å². The van der Waals surface area contributed by atoms with E-state index < -0.39 is 47.1 Å². The van der Waals surface area contributed by atoms with Gasteiger partial charge in [0, 0.05) is 19.4 Å². The summed E-state index contributed by atoms with van der Waals surface area (Å²) in [5.41, 5.74) is -2.09. The van der Waals surface area contributed by atoms with Crippen LogP contribution in [0.1, 0.15) is 40.3 Å². The van der Waals surface area contributed by atoms with Gasteiger partial charge in [-0.15, -0.1) is 0 Å². The smallest absolute Gasteiger partial charge is 0.330 e. The Morgan fingerprint density at radius 3 is 2.30 bits per heavy atom. The highest BCUT2D eigenvalue weighted by molar-refractivity contribution is 6.21. The average Bonchev–Trinajstić information content (AvgIpc) is 3.15. The van der Waals surface area contributed by atoms with Crippen molar-refractivity contribution < 1.29 is 24.2 Å². The van der Waals surface area contributed by atoms with E-state index in [-0.39, 0.29) is 24.1 Å². The van der Waals surface area contributed by atoms with Crippen molar-refractivity contribution in [3.63, 3.8) is 0 Å². The predicted octanol–water partition coefficient (Wildman–Crippen LogP) is -0.114. The number of carbonyl (C=O) groups is 2. The summed E-state index contributed by atoms with van der Waals surface area (Å²) in [4.78, 5) is 52.4. The number of carbonyl (C=O) groups excluding carboxylic acids is 2. The topological polar surface area (TPSA) is 131 Å². The molecule has 4 unspecified atom stereocenters. The lowest BCUT2D eigenvalue weighted by atomic mass is 9.91. The molecule has 2 aliphatic rings. The number of imide groups is 1. The number of amides is 2. The molecule has 2 N–H and O–H groups in total. The van der Waals surface area contributed by atoms with Gasteiger partial charge in [-0.05, 0) is 18.6 Å². The normalized spacial score (nSPS) is 28.2. The Bertz CT molecular complexity index is 1090. The van der Waals surface area contributed by atoms with Gasteiger partial charge < -0.3 is 14.6 Å². The minimum Gasteiger partial charge on any atom is -0.387 e. The molecular weight excluding hydrogens is 394 g/mol. The fourth-order valence-corrected chi connectivity index (χ4v) is 4.11. The summed E-state index contributed by atoms with van der Waals surface area (Å²) in [7, 11) is 1.36. The number of aliphatic hydroxyl groups excluding tert-OH is 1. The monoisotopic (exact) mass is 415 g/mol. The maximum atomic E-state index is 12.8. The van der Waals surface area contributed by atoms with Crippen molar-refractivity contribution in [3.8, 4) is 0 Å². The van der Waals surface area contributed by atoms with E-state index in [1.54, 1.807) is 31.2 Å². The molecule has 1 saturated heterocycles. The molecule has 30 heavy (non-hydrogen) atoms. The Morgan fingerprint density at radius 1 is 1.13 bits per heavy atom. The second-order valence-electron chi connectivity index (χ2n) is 7.33. The van der Waals surface area contributed by atoms with Crippen molar-refractivity contribution in [2.75, 3.05) is 13.7 Å². The lowest BCUT2D eigenvalue weighted by Gasteiger charge is -2.34. The van der Waals surface area contributed by atoms with Crippen LogP contribution in [-0.2, 0) is 9.47 Å². The standard InChI is InChI=1S/C20H21N3O7/c1-3-20(10-23-16(26)11-6-4-5-7-12(11)17(23)27)15(25)14(29-2)18(30-20)22-9-8-13(24)21-19(22)28/h4-9,14-15,18,25H,3,10H2,1-2H3,(H,21,24,28). The third-order valence-corrected chi connectivity index (χ3v) is 5.79.